The normalized spacial score (nSPS) is 15.4. The number of ether oxygens (including phenoxy) is 1. The van der Waals surface area contributed by atoms with Crippen LogP contribution in [0.25, 0.3) is 0 Å². The van der Waals surface area contributed by atoms with Crippen LogP contribution in [-0.4, -0.2) is 24.5 Å². The Labute approximate surface area is 154 Å². The first-order chi connectivity index (χ1) is 12.1. The Bertz CT molecular complexity index is 366. The molecule has 0 aromatic carbocycles. The average Bonchev–Trinajstić information content (AvgIpc) is 2.53. The molecule has 0 heterocycles. The van der Waals surface area contributed by atoms with Crippen molar-refractivity contribution in [2.45, 2.75) is 110 Å². The van der Waals surface area contributed by atoms with Crippen LogP contribution in [0.5, 0.6) is 0 Å². The Morgan fingerprint density at radius 3 is 1.92 bits per heavy atom. The monoisotopic (exact) mass is 353 g/mol. The quantitative estimate of drug-likeness (QED) is 0.327. The van der Waals surface area contributed by atoms with E-state index in [1.807, 2.05) is 0 Å². The lowest BCUT2D eigenvalue weighted by atomic mass is 9.84. The summed E-state index contributed by atoms with van der Waals surface area (Å²) < 4.78 is 5.27. The van der Waals surface area contributed by atoms with Gasteiger partial charge in [0.2, 0.25) is 5.91 Å². The fraction of sp³-hybridized carbons (Fsp3) is 0.905. The van der Waals surface area contributed by atoms with Crippen molar-refractivity contribution in [3.05, 3.63) is 0 Å². The SMILES string of the molecule is CCCCCCCCCCCCCOC(=O)C(C)NC(=O)C1CCC1. The molecule has 1 amide bonds. The third-order valence-corrected chi connectivity index (χ3v) is 5.18. The molecule has 0 saturated heterocycles. The number of carbonyl (C=O) groups is 2. The minimum atomic E-state index is -0.527. The van der Waals surface area contributed by atoms with E-state index in [2.05, 4.69) is 12.2 Å². The van der Waals surface area contributed by atoms with E-state index in [0.717, 1.165) is 32.1 Å². The van der Waals surface area contributed by atoms with Crippen molar-refractivity contribution in [3.8, 4) is 0 Å². The smallest absolute Gasteiger partial charge is 0.328 e. The molecule has 4 heteroatoms. The molecular formula is C21H39NO3. The predicted octanol–water partition coefficient (Wildman–Crippen LogP) is 5.15. The van der Waals surface area contributed by atoms with Gasteiger partial charge in [-0.1, -0.05) is 77.6 Å². The summed E-state index contributed by atoms with van der Waals surface area (Å²) in [7, 11) is 0. The Kier molecular flexibility index (Phi) is 12.4. The Morgan fingerprint density at radius 1 is 0.920 bits per heavy atom. The first-order valence-electron chi connectivity index (χ1n) is 10.6. The second-order valence-corrected chi connectivity index (χ2v) is 7.56. The Morgan fingerprint density at radius 2 is 1.44 bits per heavy atom. The van der Waals surface area contributed by atoms with Gasteiger partial charge in [-0.05, 0) is 26.2 Å². The molecule has 0 bridgehead atoms. The van der Waals surface area contributed by atoms with Crippen molar-refractivity contribution in [1.82, 2.24) is 5.32 Å². The minimum Gasteiger partial charge on any atom is -0.464 e. The molecule has 1 atom stereocenters. The van der Waals surface area contributed by atoms with Gasteiger partial charge in [0.05, 0.1) is 6.61 Å². The maximum absolute atomic E-state index is 11.9. The zero-order valence-electron chi connectivity index (χ0n) is 16.5. The molecule has 1 saturated carbocycles. The second-order valence-electron chi connectivity index (χ2n) is 7.56. The Balaban J connectivity index is 1.86. The molecule has 1 fully saturated rings. The van der Waals surface area contributed by atoms with Gasteiger partial charge in [0, 0.05) is 5.92 Å². The molecular weight excluding hydrogens is 314 g/mol. The van der Waals surface area contributed by atoms with E-state index in [9.17, 15) is 9.59 Å². The van der Waals surface area contributed by atoms with E-state index in [-0.39, 0.29) is 17.8 Å². The zero-order chi connectivity index (χ0) is 18.3. The van der Waals surface area contributed by atoms with E-state index >= 15 is 0 Å². The summed E-state index contributed by atoms with van der Waals surface area (Å²) in [5.41, 5.74) is 0. The van der Waals surface area contributed by atoms with E-state index < -0.39 is 6.04 Å². The third-order valence-electron chi connectivity index (χ3n) is 5.18. The highest BCUT2D eigenvalue weighted by atomic mass is 16.5. The first-order valence-corrected chi connectivity index (χ1v) is 10.6. The number of nitrogens with one attached hydrogen (secondary N) is 1. The number of unbranched alkanes of at least 4 members (excludes halogenated alkanes) is 10. The maximum atomic E-state index is 11.9. The summed E-state index contributed by atoms with van der Waals surface area (Å²) >= 11 is 0. The van der Waals surface area contributed by atoms with Gasteiger partial charge in [-0.15, -0.1) is 0 Å². The lowest BCUT2D eigenvalue weighted by molar-refractivity contribution is -0.148. The zero-order valence-corrected chi connectivity index (χ0v) is 16.5. The average molecular weight is 354 g/mol. The molecule has 1 aliphatic carbocycles. The van der Waals surface area contributed by atoms with Crippen molar-refractivity contribution < 1.29 is 14.3 Å². The number of rotatable bonds is 15. The van der Waals surface area contributed by atoms with Gasteiger partial charge in [0.15, 0.2) is 0 Å². The van der Waals surface area contributed by atoms with Crippen LogP contribution >= 0.6 is 0 Å². The number of amides is 1. The van der Waals surface area contributed by atoms with E-state index in [4.69, 9.17) is 4.74 Å². The highest BCUT2D eigenvalue weighted by Gasteiger charge is 2.27. The standard InChI is InChI=1S/C21H39NO3/c1-3-4-5-6-7-8-9-10-11-12-13-17-25-21(24)18(2)22-20(23)19-15-14-16-19/h18-19H,3-17H2,1-2H3,(H,22,23). The molecule has 0 aromatic heterocycles. The molecule has 1 unspecified atom stereocenters. The van der Waals surface area contributed by atoms with Crippen LogP contribution in [0, 0.1) is 5.92 Å². The summed E-state index contributed by atoms with van der Waals surface area (Å²) in [4.78, 5) is 23.6. The lowest BCUT2D eigenvalue weighted by Gasteiger charge is -2.25. The van der Waals surface area contributed by atoms with Gasteiger partial charge >= 0.3 is 5.97 Å². The van der Waals surface area contributed by atoms with Crippen molar-refractivity contribution in [1.29, 1.82) is 0 Å². The van der Waals surface area contributed by atoms with Gasteiger partial charge in [-0.3, -0.25) is 4.79 Å². The van der Waals surface area contributed by atoms with Crippen LogP contribution in [0.15, 0.2) is 0 Å². The molecule has 25 heavy (non-hydrogen) atoms. The van der Waals surface area contributed by atoms with Crippen LogP contribution in [0.3, 0.4) is 0 Å². The molecule has 0 aromatic rings. The van der Waals surface area contributed by atoms with E-state index in [1.165, 1.54) is 57.8 Å². The molecule has 0 radical (unpaired) electrons. The highest BCUT2D eigenvalue weighted by molar-refractivity contribution is 5.85. The van der Waals surface area contributed by atoms with Gasteiger partial charge < -0.3 is 10.1 Å². The third kappa shape index (κ3) is 10.5. The summed E-state index contributed by atoms with van der Waals surface area (Å²) in [6, 6.07) is -0.527. The number of hydrogen-bond donors (Lipinski definition) is 1. The molecule has 0 spiro atoms. The molecule has 146 valence electrons. The molecule has 4 nitrogen and oxygen atoms in total. The number of carbonyl (C=O) groups excluding carboxylic acids is 2. The summed E-state index contributed by atoms with van der Waals surface area (Å²) in [6.45, 7) is 4.43. The number of esters is 1. The minimum absolute atomic E-state index is 0.00499. The van der Waals surface area contributed by atoms with Crippen molar-refractivity contribution >= 4 is 11.9 Å². The second kappa shape index (κ2) is 14.1. The van der Waals surface area contributed by atoms with Gasteiger partial charge in [-0.25, -0.2) is 4.79 Å². The molecule has 1 rings (SSSR count). The van der Waals surface area contributed by atoms with Crippen LogP contribution in [-0.2, 0) is 14.3 Å². The summed E-state index contributed by atoms with van der Waals surface area (Å²) in [5.74, 6) is -0.188. The summed E-state index contributed by atoms with van der Waals surface area (Å²) in [5, 5.41) is 2.76. The Hall–Kier alpha value is -1.06. The van der Waals surface area contributed by atoms with Crippen molar-refractivity contribution in [3.63, 3.8) is 0 Å². The van der Waals surface area contributed by atoms with Crippen LogP contribution in [0.4, 0.5) is 0 Å². The fourth-order valence-electron chi connectivity index (χ4n) is 3.12. The van der Waals surface area contributed by atoms with E-state index in [1.54, 1.807) is 6.92 Å². The number of hydrogen-bond acceptors (Lipinski definition) is 3. The highest BCUT2D eigenvalue weighted by Crippen LogP contribution is 2.26. The van der Waals surface area contributed by atoms with Crippen molar-refractivity contribution in [2.24, 2.45) is 5.92 Å². The predicted molar refractivity (Wildman–Crippen MR) is 102 cm³/mol. The molecule has 1 aliphatic rings. The van der Waals surface area contributed by atoms with E-state index in [0.29, 0.717) is 6.61 Å². The molecule has 0 aliphatic heterocycles. The largest absolute Gasteiger partial charge is 0.464 e. The van der Waals surface area contributed by atoms with Crippen LogP contribution in [0.2, 0.25) is 0 Å². The van der Waals surface area contributed by atoms with Gasteiger partial charge in [-0.2, -0.15) is 0 Å². The van der Waals surface area contributed by atoms with Gasteiger partial charge in [0.1, 0.15) is 6.04 Å². The maximum Gasteiger partial charge on any atom is 0.328 e. The fourth-order valence-corrected chi connectivity index (χ4v) is 3.12. The van der Waals surface area contributed by atoms with Crippen molar-refractivity contribution in [2.75, 3.05) is 6.61 Å². The van der Waals surface area contributed by atoms with Crippen LogP contribution < -0.4 is 5.32 Å². The summed E-state index contributed by atoms with van der Waals surface area (Å²) in [6.07, 6.45) is 17.1. The van der Waals surface area contributed by atoms with Gasteiger partial charge in [0.25, 0.3) is 0 Å². The van der Waals surface area contributed by atoms with Crippen LogP contribution in [0.1, 0.15) is 104 Å². The first kappa shape index (κ1) is 22.0. The molecule has 1 N–H and O–H groups in total. The lowest BCUT2D eigenvalue weighted by Crippen LogP contribution is -2.44. The topological polar surface area (TPSA) is 55.4 Å².